The van der Waals surface area contributed by atoms with Crippen LogP contribution in [0.2, 0.25) is 0 Å². The normalized spacial score (nSPS) is 16.8. The smallest absolute Gasteiger partial charge is 0.301 e. The molecule has 0 saturated carbocycles. The number of Topliss-reactive ketones (excluding diaryl/α,β-unsaturated/α-hetero) is 1. The number of amides is 1. The molecule has 38 heavy (non-hydrogen) atoms. The molecule has 2 heterocycles. The Kier molecular flexibility index (Phi) is 6.91. The largest absolute Gasteiger partial charge is 0.507 e. The van der Waals surface area contributed by atoms with Crippen LogP contribution in [0, 0.1) is 13.8 Å². The standard InChI is InChI=1S/C30H28N2O5S/c1-5-14-37-21-10-7-19(8-11-21)26-25(27(33)20-9-13-23(36-4)18(3)16-20)28(34)29(35)32(26)30-31-22-12-6-17(2)15-24(22)38-30/h6-13,15-16,26,33H,5,14H2,1-4H3/b27-25+/t26-/m0/s1. The number of fused-ring (bicyclic) bond motifs is 1. The van der Waals surface area contributed by atoms with Crippen molar-refractivity contribution < 1.29 is 24.2 Å². The van der Waals surface area contributed by atoms with E-state index in [0.29, 0.717) is 34.4 Å². The highest BCUT2D eigenvalue weighted by atomic mass is 32.1. The summed E-state index contributed by atoms with van der Waals surface area (Å²) >= 11 is 1.34. The molecular weight excluding hydrogens is 500 g/mol. The number of carbonyl (C=O) groups excluding carboxylic acids is 2. The minimum atomic E-state index is -0.862. The fraction of sp³-hybridized carbons (Fsp3) is 0.233. The number of anilines is 1. The number of hydrogen-bond acceptors (Lipinski definition) is 7. The molecule has 0 aliphatic carbocycles. The quantitative estimate of drug-likeness (QED) is 0.171. The van der Waals surface area contributed by atoms with Gasteiger partial charge in [0.15, 0.2) is 5.13 Å². The average molecular weight is 529 g/mol. The van der Waals surface area contributed by atoms with Gasteiger partial charge in [-0.25, -0.2) is 4.98 Å². The molecule has 1 aliphatic rings. The van der Waals surface area contributed by atoms with Crippen LogP contribution < -0.4 is 14.4 Å². The summed E-state index contributed by atoms with van der Waals surface area (Å²) in [5.74, 6) is -0.392. The second-order valence-electron chi connectivity index (χ2n) is 9.24. The van der Waals surface area contributed by atoms with E-state index in [0.717, 1.165) is 27.8 Å². The Morgan fingerprint density at radius 1 is 1.05 bits per heavy atom. The van der Waals surface area contributed by atoms with E-state index in [1.54, 1.807) is 25.3 Å². The van der Waals surface area contributed by atoms with E-state index < -0.39 is 17.7 Å². The van der Waals surface area contributed by atoms with Crippen molar-refractivity contribution in [3.8, 4) is 11.5 Å². The lowest BCUT2D eigenvalue weighted by Crippen LogP contribution is -2.29. The molecule has 194 valence electrons. The Morgan fingerprint density at radius 2 is 1.82 bits per heavy atom. The Morgan fingerprint density at radius 3 is 2.50 bits per heavy atom. The van der Waals surface area contributed by atoms with Crippen molar-refractivity contribution in [2.24, 2.45) is 0 Å². The number of ketones is 1. The third-order valence-corrected chi connectivity index (χ3v) is 7.54. The number of aliphatic hydroxyl groups excluding tert-OH is 1. The van der Waals surface area contributed by atoms with Crippen molar-refractivity contribution in [1.29, 1.82) is 0 Å². The van der Waals surface area contributed by atoms with E-state index >= 15 is 0 Å². The molecular formula is C30H28N2O5S. The summed E-state index contributed by atoms with van der Waals surface area (Å²) in [5, 5.41) is 11.8. The number of aliphatic hydroxyl groups is 1. The first-order valence-electron chi connectivity index (χ1n) is 12.4. The lowest BCUT2D eigenvalue weighted by atomic mass is 9.95. The van der Waals surface area contributed by atoms with Crippen LogP contribution in [0.15, 0.2) is 66.2 Å². The second kappa shape index (κ2) is 10.3. The maximum absolute atomic E-state index is 13.5. The van der Waals surface area contributed by atoms with E-state index in [4.69, 9.17) is 9.47 Å². The summed E-state index contributed by atoms with van der Waals surface area (Å²) in [7, 11) is 1.57. The SMILES string of the molecule is CCCOc1ccc([C@H]2/C(=C(\O)c3ccc(OC)c(C)c3)C(=O)C(=O)N2c2nc3ccc(C)cc3s2)cc1. The lowest BCUT2D eigenvalue weighted by Gasteiger charge is -2.23. The van der Waals surface area contributed by atoms with Crippen LogP contribution in [0.4, 0.5) is 5.13 Å². The van der Waals surface area contributed by atoms with Gasteiger partial charge < -0.3 is 14.6 Å². The van der Waals surface area contributed by atoms with Crippen molar-refractivity contribution >= 4 is 44.1 Å². The average Bonchev–Trinajstić information content (AvgIpc) is 3.44. The van der Waals surface area contributed by atoms with Crippen LogP contribution >= 0.6 is 11.3 Å². The highest BCUT2D eigenvalue weighted by Crippen LogP contribution is 2.44. The molecule has 8 heteroatoms. The monoisotopic (exact) mass is 528 g/mol. The Labute approximate surface area is 225 Å². The predicted octanol–water partition coefficient (Wildman–Crippen LogP) is 6.34. The summed E-state index contributed by atoms with van der Waals surface area (Å²) in [6.07, 6.45) is 0.875. The van der Waals surface area contributed by atoms with Gasteiger partial charge in [0, 0.05) is 5.56 Å². The van der Waals surface area contributed by atoms with Gasteiger partial charge in [-0.2, -0.15) is 0 Å². The second-order valence-corrected chi connectivity index (χ2v) is 10.2. The van der Waals surface area contributed by atoms with E-state index in [-0.39, 0.29) is 11.3 Å². The van der Waals surface area contributed by atoms with Crippen LogP contribution in [0.25, 0.3) is 16.0 Å². The first kappa shape index (κ1) is 25.5. The number of rotatable bonds is 7. The van der Waals surface area contributed by atoms with Crippen LogP contribution in [0.3, 0.4) is 0 Å². The van der Waals surface area contributed by atoms with Gasteiger partial charge in [-0.3, -0.25) is 14.5 Å². The summed E-state index contributed by atoms with van der Waals surface area (Å²) in [4.78, 5) is 33.1. The van der Waals surface area contributed by atoms with Crippen molar-refractivity contribution in [2.45, 2.75) is 33.2 Å². The molecule has 5 rings (SSSR count). The molecule has 1 fully saturated rings. The molecule has 3 aromatic carbocycles. The van der Waals surface area contributed by atoms with E-state index in [9.17, 15) is 14.7 Å². The number of aromatic nitrogens is 1. The van der Waals surface area contributed by atoms with Gasteiger partial charge >= 0.3 is 5.91 Å². The van der Waals surface area contributed by atoms with Crippen LogP contribution in [-0.2, 0) is 9.59 Å². The third-order valence-electron chi connectivity index (χ3n) is 6.52. The molecule has 1 N–H and O–H groups in total. The number of methoxy groups -OCH3 is 1. The molecule has 1 amide bonds. The number of aryl methyl sites for hydroxylation is 2. The molecule has 7 nitrogen and oxygen atoms in total. The van der Waals surface area contributed by atoms with Crippen molar-refractivity contribution in [2.75, 3.05) is 18.6 Å². The third kappa shape index (κ3) is 4.52. The van der Waals surface area contributed by atoms with Gasteiger partial charge in [-0.05, 0) is 79.4 Å². The zero-order valence-corrected chi connectivity index (χ0v) is 22.5. The molecule has 0 spiro atoms. The van der Waals surface area contributed by atoms with Gasteiger partial charge in [-0.15, -0.1) is 0 Å². The van der Waals surface area contributed by atoms with Gasteiger partial charge in [0.1, 0.15) is 17.3 Å². The number of thiazole rings is 1. The van der Waals surface area contributed by atoms with Crippen LogP contribution in [-0.4, -0.2) is 35.5 Å². The first-order chi connectivity index (χ1) is 18.3. The van der Waals surface area contributed by atoms with E-state index in [2.05, 4.69) is 4.98 Å². The molecule has 0 bridgehead atoms. The fourth-order valence-corrected chi connectivity index (χ4v) is 5.71. The Bertz CT molecular complexity index is 1570. The van der Waals surface area contributed by atoms with Gasteiger partial charge in [0.05, 0.1) is 35.5 Å². The molecule has 0 radical (unpaired) electrons. The zero-order chi connectivity index (χ0) is 27.0. The zero-order valence-electron chi connectivity index (χ0n) is 21.6. The summed E-state index contributed by atoms with van der Waals surface area (Å²) in [6.45, 7) is 6.45. The van der Waals surface area contributed by atoms with Crippen molar-refractivity contribution in [1.82, 2.24) is 4.98 Å². The molecule has 0 unspecified atom stereocenters. The summed E-state index contributed by atoms with van der Waals surface area (Å²) in [5.41, 5.74) is 3.71. The molecule has 1 aliphatic heterocycles. The van der Waals surface area contributed by atoms with Crippen molar-refractivity contribution in [3.63, 3.8) is 0 Å². The topological polar surface area (TPSA) is 89.0 Å². The Balaban J connectivity index is 1.67. The van der Waals surface area contributed by atoms with Gasteiger partial charge in [0.2, 0.25) is 0 Å². The minimum Gasteiger partial charge on any atom is -0.507 e. The maximum Gasteiger partial charge on any atom is 0.301 e. The molecule has 1 atom stereocenters. The summed E-state index contributed by atoms with van der Waals surface area (Å²) < 4.78 is 12.0. The van der Waals surface area contributed by atoms with Gasteiger partial charge in [-0.1, -0.05) is 36.5 Å². The number of benzene rings is 3. The van der Waals surface area contributed by atoms with Crippen LogP contribution in [0.1, 0.15) is 41.6 Å². The number of carbonyl (C=O) groups is 2. The van der Waals surface area contributed by atoms with Gasteiger partial charge in [0.25, 0.3) is 5.78 Å². The highest BCUT2D eigenvalue weighted by Gasteiger charge is 2.48. The number of hydrogen-bond donors (Lipinski definition) is 1. The minimum absolute atomic E-state index is 0.0113. The molecule has 1 saturated heterocycles. The highest BCUT2D eigenvalue weighted by molar-refractivity contribution is 7.22. The number of nitrogens with zero attached hydrogens (tertiary/aromatic N) is 2. The van der Waals surface area contributed by atoms with Crippen molar-refractivity contribution in [3.05, 3.63) is 88.5 Å². The first-order valence-corrected chi connectivity index (χ1v) is 13.2. The molecule has 4 aromatic rings. The molecule has 1 aromatic heterocycles. The lowest BCUT2D eigenvalue weighted by molar-refractivity contribution is -0.132. The maximum atomic E-state index is 13.5. The summed E-state index contributed by atoms with van der Waals surface area (Å²) in [6, 6.07) is 17.4. The predicted molar refractivity (Wildman–Crippen MR) is 149 cm³/mol. The Hall–Kier alpha value is -4.17. The fourth-order valence-electron chi connectivity index (χ4n) is 4.62. The van der Waals surface area contributed by atoms with E-state index in [1.165, 1.54) is 16.2 Å². The van der Waals surface area contributed by atoms with Crippen LogP contribution in [0.5, 0.6) is 11.5 Å². The van der Waals surface area contributed by atoms with E-state index in [1.807, 2.05) is 63.2 Å². The number of ether oxygens (including phenoxy) is 2.